The molecule has 0 bridgehead atoms. The highest BCUT2D eigenvalue weighted by Crippen LogP contribution is 2.24. The molecule has 17 heavy (non-hydrogen) atoms. The quantitative estimate of drug-likeness (QED) is 0.368. The van der Waals surface area contributed by atoms with E-state index in [1.54, 1.807) is 18.2 Å². The van der Waals surface area contributed by atoms with Crippen LogP contribution in [-0.4, -0.2) is 17.1 Å². The first-order valence-electron chi connectivity index (χ1n) is 5.56. The number of oxime groups is 1. The molecule has 0 amide bonds. The van der Waals surface area contributed by atoms with Crippen molar-refractivity contribution in [1.82, 2.24) is 0 Å². The minimum Gasteiger partial charge on any atom is -0.490 e. The fourth-order valence-corrected chi connectivity index (χ4v) is 1.75. The lowest BCUT2D eigenvalue weighted by Crippen LogP contribution is -2.15. The first-order valence-corrected chi connectivity index (χ1v) is 5.94. The molecule has 3 N–H and O–H groups in total. The summed E-state index contributed by atoms with van der Waals surface area (Å²) in [4.78, 5) is 0. The summed E-state index contributed by atoms with van der Waals surface area (Å²) in [7, 11) is 0. The number of hydrogen-bond donors (Lipinski definition) is 2. The summed E-state index contributed by atoms with van der Waals surface area (Å²) in [5, 5.41) is 11.9. The zero-order chi connectivity index (χ0) is 12.8. The van der Waals surface area contributed by atoms with Crippen LogP contribution in [-0.2, 0) is 0 Å². The standard InChI is InChI=1S/C12H17ClN2O2/c1-3-8(4-2)17-9-5-6-10(11(13)7-9)12(14)15-16/h5-8,16H,3-4H2,1-2H3,(H2,14,15). The Bertz CT molecular complexity index is 403. The zero-order valence-corrected chi connectivity index (χ0v) is 10.7. The molecule has 0 spiro atoms. The number of ether oxygens (including phenoxy) is 1. The van der Waals surface area contributed by atoms with Crippen LogP contribution in [0.2, 0.25) is 5.02 Å². The van der Waals surface area contributed by atoms with Crippen LogP contribution in [0.25, 0.3) is 0 Å². The van der Waals surface area contributed by atoms with Crippen molar-refractivity contribution in [3.8, 4) is 5.75 Å². The van der Waals surface area contributed by atoms with E-state index in [9.17, 15) is 0 Å². The molecule has 0 unspecified atom stereocenters. The molecule has 1 rings (SSSR count). The molecule has 0 saturated carbocycles. The third kappa shape index (κ3) is 3.53. The highest BCUT2D eigenvalue weighted by molar-refractivity contribution is 6.34. The van der Waals surface area contributed by atoms with Gasteiger partial charge >= 0.3 is 0 Å². The van der Waals surface area contributed by atoms with Crippen molar-refractivity contribution in [3.63, 3.8) is 0 Å². The first kappa shape index (κ1) is 13.6. The van der Waals surface area contributed by atoms with E-state index in [4.69, 9.17) is 27.3 Å². The van der Waals surface area contributed by atoms with E-state index in [1.165, 1.54) is 0 Å². The maximum absolute atomic E-state index is 8.58. The monoisotopic (exact) mass is 256 g/mol. The Balaban J connectivity index is 2.89. The lowest BCUT2D eigenvalue weighted by molar-refractivity contribution is 0.193. The van der Waals surface area contributed by atoms with Gasteiger partial charge in [-0.2, -0.15) is 0 Å². The van der Waals surface area contributed by atoms with Crippen molar-refractivity contribution in [2.45, 2.75) is 32.8 Å². The van der Waals surface area contributed by atoms with Gasteiger partial charge in [-0.3, -0.25) is 0 Å². The second-order valence-corrected chi connectivity index (χ2v) is 4.09. The van der Waals surface area contributed by atoms with Gasteiger partial charge in [-0.1, -0.05) is 30.6 Å². The fraction of sp³-hybridized carbons (Fsp3) is 0.417. The van der Waals surface area contributed by atoms with Crippen LogP contribution in [0.3, 0.4) is 0 Å². The number of rotatable bonds is 5. The second-order valence-electron chi connectivity index (χ2n) is 3.68. The number of nitrogens with two attached hydrogens (primary N) is 1. The van der Waals surface area contributed by atoms with Gasteiger partial charge in [0.2, 0.25) is 0 Å². The summed E-state index contributed by atoms with van der Waals surface area (Å²) in [6.45, 7) is 4.14. The van der Waals surface area contributed by atoms with Crippen LogP contribution in [0.15, 0.2) is 23.4 Å². The molecule has 0 aromatic heterocycles. The summed E-state index contributed by atoms with van der Waals surface area (Å²) < 4.78 is 5.73. The first-order chi connectivity index (χ1) is 8.12. The van der Waals surface area contributed by atoms with E-state index in [-0.39, 0.29) is 11.9 Å². The Morgan fingerprint density at radius 3 is 2.59 bits per heavy atom. The Morgan fingerprint density at radius 1 is 1.47 bits per heavy atom. The van der Waals surface area contributed by atoms with Crippen molar-refractivity contribution in [2.24, 2.45) is 10.9 Å². The topological polar surface area (TPSA) is 67.8 Å². The number of amidine groups is 1. The molecule has 1 aromatic rings. The predicted octanol–water partition coefficient (Wildman–Crippen LogP) is 3.00. The Labute approximate surface area is 106 Å². The molecular weight excluding hydrogens is 240 g/mol. The molecule has 0 heterocycles. The molecule has 0 aliphatic carbocycles. The molecule has 5 heteroatoms. The lowest BCUT2D eigenvalue weighted by atomic mass is 10.2. The molecule has 0 fully saturated rings. The van der Waals surface area contributed by atoms with E-state index in [1.807, 2.05) is 0 Å². The van der Waals surface area contributed by atoms with Crippen molar-refractivity contribution >= 4 is 17.4 Å². The van der Waals surface area contributed by atoms with Gasteiger partial charge in [0.15, 0.2) is 5.84 Å². The molecule has 0 aliphatic rings. The maximum Gasteiger partial charge on any atom is 0.171 e. The van der Waals surface area contributed by atoms with E-state index in [0.717, 1.165) is 12.8 Å². The van der Waals surface area contributed by atoms with Gasteiger partial charge in [-0.05, 0) is 31.0 Å². The molecule has 0 radical (unpaired) electrons. The fourth-order valence-electron chi connectivity index (χ4n) is 1.48. The van der Waals surface area contributed by atoms with Crippen molar-refractivity contribution in [1.29, 1.82) is 0 Å². The summed E-state index contributed by atoms with van der Waals surface area (Å²) in [5.41, 5.74) is 5.97. The minimum absolute atomic E-state index is 0.0101. The number of hydrogen-bond acceptors (Lipinski definition) is 3. The maximum atomic E-state index is 8.58. The summed E-state index contributed by atoms with van der Waals surface area (Å²) >= 11 is 6.02. The van der Waals surface area contributed by atoms with Crippen molar-refractivity contribution in [3.05, 3.63) is 28.8 Å². The highest BCUT2D eigenvalue weighted by atomic mass is 35.5. The molecular formula is C12H17ClN2O2. The summed E-state index contributed by atoms with van der Waals surface area (Å²) in [6.07, 6.45) is 2.06. The molecule has 1 aromatic carbocycles. The van der Waals surface area contributed by atoms with Crippen LogP contribution >= 0.6 is 11.6 Å². The van der Waals surface area contributed by atoms with E-state index in [2.05, 4.69) is 19.0 Å². The number of halogens is 1. The molecule has 0 aliphatic heterocycles. The largest absolute Gasteiger partial charge is 0.490 e. The average molecular weight is 257 g/mol. The highest BCUT2D eigenvalue weighted by Gasteiger charge is 2.09. The molecule has 4 nitrogen and oxygen atoms in total. The molecule has 0 atom stereocenters. The van der Waals surface area contributed by atoms with E-state index >= 15 is 0 Å². The van der Waals surface area contributed by atoms with Crippen LogP contribution < -0.4 is 10.5 Å². The van der Waals surface area contributed by atoms with E-state index < -0.39 is 0 Å². The van der Waals surface area contributed by atoms with E-state index in [0.29, 0.717) is 16.3 Å². The van der Waals surface area contributed by atoms with Crippen molar-refractivity contribution in [2.75, 3.05) is 0 Å². The Morgan fingerprint density at radius 2 is 2.12 bits per heavy atom. The van der Waals surface area contributed by atoms with Crippen LogP contribution in [0.1, 0.15) is 32.3 Å². The van der Waals surface area contributed by atoms with Crippen LogP contribution in [0.4, 0.5) is 0 Å². The summed E-state index contributed by atoms with van der Waals surface area (Å²) in [5.74, 6) is 0.683. The van der Waals surface area contributed by atoms with Gasteiger partial charge in [-0.25, -0.2) is 0 Å². The number of nitrogens with zero attached hydrogens (tertiary/aromatic N) is 1. The SMILES string of the molecule is CCC(CC)Oc1ccc(/C(N)=N/O)c(Cl)c1. The smallest absolute Gasteiger partial charge is 0.171 e. The lowest BCUT2D eigenvalue weighted by Gasteiger charge is -2.16. The Kier molecular flexibility index (Phi) is 5.10. The van der Waals surface area contributed by atoms with Crippen LogP contribution in [0.5, 0.6) is 5.75 Å². The van der Waals surface area contributed by atoms with Gasteiger partial charge in [0.05, 0.1) is 11.1 Å². The van der Waals surface area contributed by atoms with Gasteiger partial charge in [0.1, 0.15) is 5.75 Å². The predicted molar refractivity (Wildman–Crippen MR) is 69.0 cm³/mol. The van der Waals surface area contributed by atoms with Gasteiger partial charge < -0.3 is 15.7 Å². The normalized spacial score (nSPS) is 11.9. The van der Waals surface area contributed by atoms with Gasteiger partial charge in [0.25, 0.3) is 0 Å². The van der Waals surface area contributed by atoms with Crippen LogP contribution in [0, 0.1) is 0 Å². The average Bonchev–Trinajstić information content (AvgIpc) is 2.35. The second kappa shape index (κ2) is 6.35. The third-order valence-corrected chi connectivity index (χ3v) is 2.85. The third-order valence-electron chi connectivity index (χ3n) is 2.54. The summed E-state index contributed by atoms with van der Waals surface area (Å²) in [6, 6.07) is 5.11. The van der Waals surface area contributed by atoms with Gasteiger partial charge in [0, 0.05) is 5.56 Å². The van der Waals surface area contributed by atoms with Gasteiger partial charge in [-0.15, -0.1) is 0 Å². The zero-order valence-electron chi connectivity index (χ0n) is 9.98. The molecule has 0 saturated heterocycles. The Hall–Kier alpha value is -1.42. The molecule has 94 valence electrons. The van der Waals surface area contributed by atoms with Crippen molar-refractivity contribution < 1.29 is 9.94 Å². The number of benzene rings is 1. The minimum atomic E-state index is -0.0101.